The number of halogens is 2. The SMILES string of the molecule is COC(=O)CCCN1C=C(C(=O)O)C(c2ccc(Cl)cc2Cl)NS1(=O)=O. The second kappa shape index (κ2) is 8.26. The van der Waals surface area contributed by atoms with Crippen molar-refractivity contribution in [2.45, 2.75) is 18.9 Å². The molecule has 142 valence electrons. The van der Waals surface area contributed by atoms with Crippen molar-refractivity contribution in [3.05, 3.63) is 45.6 Å². The minimum absolute atomic E-state index is 0.00516. The van der Waals surface area contributed by atoms with E-state index in [0.717, 1.165) is 10.5 Å². The van der Waals surface area contributed by atoms with Crippen LogP contribution >= 0.6 is 23.2 Å². The van der Waals surface area contributed by atoms with Gasteiger partial charge < -0.3 is 9.84 Å². The van der Waals surface area contributed by atoms with Gasteiger partial charge in [0.2, 0.25) is 0 Å². The minimum atomic E-state index is -4.02. The minimum Gasteiger partial charge on any atom is -0.478 e. The first-order valence-electron chi connectivity index (χ1n) is 7.41. The standard InChI is InChI=1S/C15H16Cl2N2O6S/c1-25-13(20)3-2-6-19-8-11(15(21)22)14(18-26(19,23)24)10-5-4-9(16)7-12(10)17/h4-5,7-8,14,18H,2-3,6H2,1H3,(H,21,22). The Bertz CT molecular complexity index is 856. The number of carboxylic acids is 1. The van der Waals surface area contributed by atoms with E-state index in [4.69, 9.17) is 23.2 Å². The summed E-state index contributed by atoms with van der Waals surface area (Å²) in [5.41, 5.74) is 0.0598. The summed E-state index contributed by atoms with van der Waals surface area (Å²) in [6.07, 6.45) is 1.20. The van der Waals surface area contributed by atoms with Gasteiger partial charge >= 0.3 is 22.1 Å². The third kappa shape index (κ3) is 4.67. The van der Waals surface area contributed by atoms with Crippen LogP contribution in [0.4, 0.5) is 0 Å². The van der Waals surface area contributed by atoms with Crippen LogP contribution in [0.15, 0.2) is 30.0 Å². The Hall–Kier alpha value is -1.81. The van der Waals surface area contributed by atoms with Gasteiger partial charge in [-0.05, 0) is 24.1 Å². The Morgan fingerprint density at radius 2 is 2.04 bits per heavy atom. The summed E-state index contributed by atoms with van der Waals surface area (Å²) in [6, 6.07) is 3.18. The molecular formula is C15H16Cl2N2O6S. The van der Waals surface area contributed by atoms with Crippen LogP contribution in [-0.4, -0.2) is 43.4 Å². The molecule has 8 nitrogen and oxygen atoms in total. The quantitative estimate of drug-likeness (QED) is 0.678. The number of hydrogen-bond acceptors (Lipinski definition) is 5. The molecule has 0 spiro atoms. The van der Waals surface area contributed by atoms with Crippen LogP contribution in [0.2, 0.25) is 10.0 Å². The molecule has 1 unspecified atom stereocenters. The highest BCUT2D eigenvalue weighted by molar-refractivity contribution is 7.87. The molecule has 0 saturated carbocycles. The molecule has 0 amide bonds. The largest absolute Gasteiger partial charge is 0.478 e. The van der Waals surface area contributed by atoms with Crippen LogP contribution in [0, 0.1) is 0 Å². The average Bonchev–Trinajstić information content (AvgIpc) is 2.55. The second-order valence-electron chi connectivity index (χ2n) is 5.40. The summed E-state index contributed by atoms with van der Waals surface area (Å²) in [5, 5.41) is 9.95. The van der Waals surface area contributed by atoms with E-state index < -0.39 is 28.2 Å². The van der Waals surface area contributed by atoms with Gasteiger partial charge in [-0.3, -0.25) is 9.10 Å². The van der Waals surface area contributed by atoms with Crippen molar-refractivity contribution in [2.24, 2.45) is 0 Å². The monoisotopic (exact) mass is 422 g/mol. The van der Waals surface area contributed by atoms with Gasteiger partial charge in [0.15, 0.2) is 0 Å². The first-order chi connectivity index (χ1) is 12.2. The fourth-order valence-corrected chi connectivity index (χ4v) is 4.22. The maximum atomic E-state index is 12.4. The molecule has 1 aromatic carbocycles. The van der Waals surface area contributed by atoms with Crippen molar-refractivity contribution >= 4 is 45.3 Å². The zero-order valence-electron chi connectivity index (χ0n) is 13.6. The summed E-state index contributed by atoms with van der Waals surface area (Å²) in [6.45, 7) is -0.0811. The van der Waals surface area contributed by atoms with Gasteiger partial charge in [-0.25, -0.2) is 4.79 Å². The van der Waals surface area contributed by atoms with E-state index in [9.17, 15) is 23.1 Å². The van der Waals surface area contributed by atoms with Gasteiger partial charge in [-0.2, -0.15) is 13.1 Å². The van der Waals surface area contributed by atoms with E-state index in [2.05, 4.69) is 9.46 Å². The molecule has 0 aromatic heterocycles. The highest BCUT2D eigenvalue weighted by Crippen LogP contribution is 2.34. The van der Waals surface area contributed by atoms with Crippen molar-refractivity contribution in [3.63, 3.8) is 0 Å². The van der Waals surface area contributed by atoms with E-state index in [0.29, 0.717) is 5.02 Å². The first kappa shape index (κ1) is 20.5. The Balaban J connectivity index is 2.34. The van der Waals surface area contributed by atoms with Crippen molar-refractivity contribution in [3.8, 4) is 0 Å². The maximum Gasteiger partial charge on any atom is 0.335 e. The molecular weight excluding hydrogens is 407 g/mol. The number of methoxy groups -OCH3 is 1. The zero-order chi connectivity index (χ0) is 19.5. The van der Waals surface area contributed by atoms with Crippen LogP contribution in [0.1, 0.15) is 24.4 Å². The first-order valence-corrected chi connectivity index (χ1v) is 9.61. The van der Waals surface area contributed by atoms with Gasteiger partial charge in [0.25, 0.3) is 0 Å². The number of nitrogens with one attached hydrogen (secondary N) is 1. The summed E-state index contributed by atoms with van der Waals surface area (Å²) in [5.74, 6) is -1.79. The van der Waals surface area contributed by atoms with Gasteiger partial charge in [0, 0.05) is 29.2 Å². The summed E-state index contributed by atoms with van der Waals surface area (Å²) >= 11 is 11.9. The molecule has 2 rings (SSSR count). The Morgan fingerprint density at radius 3 is 2.62 bits per heavy atom. The molecule has 26 heavy (non-hydrogen) atoms. The summed E-state index contributed by atoms with van der Waals surface area (Å²) in [4.78, 5) is 22.8. The molecule has 0 fully saturated rings. The normalized spacial score (nSPS) is 19.0. The molecule has 2 N–H and O–H groups in total. The third-order valence-electron chi connectivity index (χ3n) is 3.68. The van der Waals surface area contributed by atoms with E-state index in [-0.39, 0.29) is 35.5 Å². The molecule has 0 saturated heterocycles. The Kier molecular flexibility index (Phi) is 6.51. The predicted octanol–water partition coefficient (Wildman–Crippen LogP) is 2.11. The number of carbonyl (C=O) groups is 2. The maximum absolute atomic E-state index is 12.4. The molecule has 1 aliphatic rings. The zero-order valence-corrected chi connectivity index (χ0v) is 15.9. The van der Waals surface area contributed by atoms with Crippen LogP contribution in [0.3, 0.4) is 0 Å². The Morgan fingerprint density at radius 1 is 1.35 bits per heavy atom. The number of aliphatic carboxylic acids is 1. The van der Waals surface area contributed by atoms with Crippen molar-refractivity contribution in [2.75, 3.05) is 13.7 Å². The predicted molar refractivity (Wildman–Crippen MR) is 94.9 cm³/mol. The lowest BCUT2D eigenvalue weighted by atomic mass is 10.00. The molecule has 0 aliphatic carbocycles. The second-order valence-corrected chi connectivity index (χ2v) is 7.90. The van der Waals surface area contributed by atoms with E-state index in [1.807, 2.05) is 0 Å². The lowest BCUT2D eigenvalue weighted by molar-refractivity contribution is -0.140. The molecule has 0 bridgehead atoms. The third-order valence-corrected chi connectivity index (χ3v) is 5.68. The fourth-order valence-electron chi connectivity index (χ4n) is 2.39. The van der Waals surface area contributed by atoms with Crippen molar-refractivity contribution in [1.82, 2.24) is 9.03 Å². The van der Waals surface area contributed by atoms with Crippen molar-refractivity contribution < 1.29 is 27.9 Å². The van der Waals surface area contributed by atoms with Gasteiger partial charge in [-0.15, -0.1) is 0 Å². The van der Waals surface area contributed by atoms with Crippen molar-refractivity contribution in [1.29, 1.82) is 0 Å². The van der Waals surface area contributed by atoms with E-state index in [1.165, 1.54) is 25.3 Å². The number of carboxylic acid groups (broad SMARTS) is 1. The molecule has 1 atom stereocenters. The van der Waals surface area contributed by atoms with Gasteiger partial charge in [-0.1, -0.05) is 29.3 Å². The summed E-state index contributed by atoms with van der Waals surface area (Å²) in [7, 11) is -2.79. The smallest absolute Gasteiger partial charge is 0.335 e. The van der Waals surface area contributed by atoms with Gasteiger partial charge in [0.1, 0.15) is 0 Å². The number of carbonyl (C=O) groups excluding carboxylic acids is 1. The average molecular weight is 423 g/mol. The highest BCUT2D eigenvalue weighted by atomic mass is 35.5. The Labute approximate surface area is 160 Å². The number of benzene rings is 1. The number of rotatable bonds is 6. The van der Waals surface area contributed by atoms with Crippen LogP contribution in [0.5, 0.6) is 0 Å². The molecule has 0 radical (unpaired) electrons. The lowest BCUT2D eigenvalue weighted by Crippen LogP contribution is -2.46. The molecule has 11 heteroatoms. The highest BCUT2D eigenvalue weighted by Gasteiger charge is 2.36. The van der Waals surface area contributed by atoms with E-state index in [1.54, 1.807) is 0 Å². The van der Waals surface area contributed by atoms with Crippen LogP contribution in [-0.2, 0) is 24.5 Å². The number of nitrogens with zero attached hydrogens (tertiary/aromatic N) is 1. The molecule has 1 aliphatic heterocycles. The van der Waals surface area contributed by atoms with E-state index >= 15 is 0 Å². The lowest BCUT2D eigenvalue weighted by Gasteiger charge is -2.31. The number of hydrogen-bond donors (Lipinski definition) is 2. The molecule has 1 aromatic rings. The number of ether oxygens (including phenoxy) is 1. The molecule has 1 heterocycles. The number of esters is 1. The van der Waals surface area contributed by atoms with Gasteiger partial charge in [0.05, 0.1) is 18.7 Å². The summed E-state index contributed by atoms with van der Waals surface area (Å²) < 4.78 is 32.5. The topological polar surface area (TPSA) is 113 Å². The van der Waals surface area contributed by atoms with Crippen LogP contribution in [0.25, 0.3) is 0 Å². The van der Waals surface area contributed by atoms with Crippen LogP contribution < -0.4 is 4.72 Å². The fraction of sp³-hybridized carbons (Fsp3) is 0.333.